The molecule has 31 heavy (non-hydrogen) atoms. The Morgan fingerprint density at radius 1 is 1.00 bits per heavy atom. The molecule has 8 heteroatoms. The van der Waals surface area contributed by atoms with Crippen LogP contribution in [0.1, 0.15) is 17.2 Å². The quantitative estimate of drug-likeness (QED) is 0.356. The number of nitrogens with two attached hydrogens (primary N) is 1. The normalized spacial score (nSPS) is 27.4. The number of aryl methyl sites for hydroxylation is 1. The van der Waals surface area contributed by atoms with E-state index in [9.17, 15) is 25.5 Å². The highest BCUT2D eigenvalue weighted by Gasteiger charge is 2.46. The number of hydrogen-bond acceptors (Lipinski definition) is 8. The molecule has 0 spiro atoms. The highest BCUT2D eigenvalue weighted by Crippen LogP contribution is 2.34. The average Bonchev–Trinajstić information content (AvgIpc) is 2.77. The zero-order valence-corrected chi connectivity index (χ0v) is 17.0. The number of fused-ring (bicyclic) bond motifs is 1. The van der Waals surface area contributed by atoms with Crippen molar-refractivity contribution in [2.45, 2.75) is 43.5 Å². The molecule has 6 atom stereocenters. The molecule has 164 valence electrons. The van der Waals surface area contributed by atoms with Crippen LogP contribution in [-0.2, 0) is 4.74 Å². The van der Waals surface area contributed by atoms with Gasteiger partial charge in [-0.15, -0.1) is 0 Å². The van der Waals surface area contributed by atoms with Crippen LogP contribution in [0.15, 0.2) is 48.7 Å². The number of ether oxygens (including phenoxy) is 1. The molecule has 1 saturated heterocycles. The van der Waals surface area contributed by atoms with Crippen LogP contribution in [0.3, 0.4) is 0 Å². The van der Waals surface area contributed by atoms with Crippen molar-refractivity contribution in [3.05, 3.63) is 59.8 Å². The predicted octanol–water partition coefficient (Wildman–Crippen LogP) is 0.668. The van der Waals surface area contributed by atoms with Crippen LogP contribution < -0.4 is 5.73 Å². The third-order valence-electron chi connectivity index (χ3n) is 5.96. The van der Waals surface area contributed by atoms with Crippen LogP contribution >= 0.6 is 0 Å². The van der Waals surface area contributed by atoms with Gasteiger partial charge in [0.1, 0.15) is 42.4 Å². The summed E-state index contributed by atoms with van der Waals surface area (Å²) >= 11 is 0. The average molecular weight is 426 g/mol. The first-order valence-electron chi connectivity index (χ1n) is 10.1. The van der Waals surface area contributed by atoms with Crippen molar-refractivity contribution in [1.82, 2.24) is 4.98 Å². The first-order valence-corrected chi connectivity index (χ1v) is 10.1. The molecule has 1 fully saturated rings. The van der Waals surface area contributed by atoms with Crippen LogP contribution in [0.25, 0.3) is 21.9 Å². The Labute approximate surface area is 179 Å². The summed E-state index contributed by atoms with van der Waals surface area (Å²) in [6.45, 7) is 1.27. The van der Waals surface area contributed by atoms with Crippen LogP contribution in [-0.4, -0.2) is 67.6 Å². The van der Waals surface area contributed by atoms with E-state index in [0.29, 0.717) is 11.4 Å². The van der Waals surface area contributed by atoms with Gasteiger partial charge in [0.15, 0.2) is 0 Å². The summed E-state index contributed by atoms with van der Waals surface area (Å²) < 4.78 is 5.50. The molecule has 0 radical (unpaired) electrons. The fraction of sp³-hybridized carbons (Fsp3) is 0.348. The van der Waals surface area contributed by atoms with E-state index in [1.165, 1.54) is 0 Å². The zero-order valence-electron chi connectivity index (χ0n) is 17.0. The Morgan fingerprint density at radius 2 is 1.71 bits per heavy atom. The van der Waals surface area contributed by atoms with E-state index < -0.39 is 43.2 Å². The first kappa shape index (κ1) is 21.6. The number of anilines is 1. The van der Waals surface area contributed by atoms with E-state index in [-0.39, 0.29) is 0 Å². The number of rotatable bonds is 4. The first-order chi connectivity index (χ1) is 14.8. The maximum Gasteiger partial charge on any atom is 0.131 e. The summed E-state index contributed by atoms with van der Waals surface area (Å²) in [4.78, 5) is 4.13. The largest absolute Gasteiger partial charge is 0.394 e. The molecule has 8 nitrogen and oxygen atoms in total. The van der Waals surface area contributed by atoms with Gasteiger partial charge in [-0.05, 0) is 46.7 Å². The van der Waals surface area contributed by atoms with Gasteiger partial charge >= 0.3 is 0 Å². The minimum atomic E-state index is -1.54. The molecule has 2 heterocycles. The fourth-order valence-corrected chi connectivity index (χ4v) is 4.13. The minimum absolute atomic E-state index is 0.450. The summed E-state index contributed by atoms with van der Waals surface area (Å²) in [6.07, 6.45) is -6.40. The smallest absolute Gasteiger partial charge is 0.131 e. The molecule has 0 amide bonds. The number of aliphatic hydroxyl groups excluding tert-OH is 5. The van der Waals surface area contributed by atoms with Crippen LogP contribution in [0.5, 0.6) is 0 Å². The lowest BCUT2D eigenvalue weighted by Crippen LogP contribution is -2.59. The SMILES string of the molecule is Cc1cc(-c2ccc3ccnc(N)c3c2)ccc1[C@@H](O)[C@H]1O[C@H](CO)[C@@H](O)[C@H](O)[C@@H]1O. The standard InChI is InChI=1S/C23H26N2O6/c1-11-8-13(14-3-2-12-6-7-25-23(24)16(12)9-14)4-5-15(11)18(27)22-21(30)20(29)19(28)17(10-26)31-22/h2-9,17-22,26-30H,10H2,1H3,(H2,24,25)/t17-,18-,19-,20+,21+,22-/m1/s1. The van der Waals surface area contributed by atoms with E-state index in [1.54, 1.807) is 12.3 Å². The van der Waals surface area contributed by atoms with Gasteiger partial charge in [0.25, 0.3) is 0 Å². The molecule has 7 N–H and O–H groups in total. The summed E-state index contributed by atoms with van der Waals surface area (Å²) in [5.74, 6) is 0.450. The molecule has 0 saturated carbocycles. The van der Waals surface area contributed by atoms with Crippen molar-refractivity contribution < 1.29 is 30.3 Å². The van der Waals surface area contributed by atoms with Crippen LogP contribution in [0.4, 0.5) is 5.82 Å². The number of aromatic nitrogens is 1. The highest BCUT2D eigenvalue weighted by atomic mass is 16.6. The Balaban J connectivity index is 1.64. The van der Waals surface area contributed by atoms with Crippen molar-refractivity contribution >= 4 is 16.6 Å². The molecule has 1 aliphatic heterocycles. The van der Waals surface area contributed by atoms with Crippen molar-refractivity contribution in [3.63, 3.8) is 0 Å². The third kappa shape index (κ3) is 3.89. The van der Waals surface area contributed by atoms with E-state index in [2.05, 4.69) is 4.98 Å². The lowest BCUT2D eigenvalue weighted by Gasteiger charge is -2.42. The maximum atomic E-state index is 10.9. The van der Waals surface area contributed by atoms with E-state index in [1.807, 2.05) is 43.3 Å². The molecular weight excluding hydrogens is 400 g/mol. The fourth-order valence-electron chi connectivity index (χ4n) is 4.13. The second-order valence-corrected chi connectivity index (χ2v) is 7.94. The van der Waals surface area contributed by atoms with Gasteiger partial charge in [0.05, 0.1) is 6.61 Å². The molecule has 4 rings (SSSR count). The number of pyridine rings is 1. The van der Waals surface area contributed by atoms with Crippen molar-refractivity contribution in [2.24, 2.45) is 0 Å². The summed E-state index contributed by atoms with van der Waals surface area (Å²) in [6, 6.07) is 13.3. The van der Waals surface area contributed by atoms with Gasteiger partial charge in [-0.25, -0.2) is 4.98 Å². The number of benzene rings is 2. The van der Waals surface area contributed by atoms with Crippen molar-refractivity contribution in [1.29, 1.82) is 0 Å². The molecule has 0 bridgehead atoms. The van der Waals surface area contributed by atoms with Gasteiger partial charge in [-0.2, -0.15) is 0 Å². The molecule has 0 unspecified atom stereocenters. The Morgan fingerprint density at radius 3 is 2.42 bits per heavy atom. The number of nitrogens with zero attached hydrogens (tertiary/aromatic N) is 1. The topological polar surface area (TPSA) is 149 Å². The van der Waals surface area contributed by atoms with E-state index >= 15 is 0 Å². The lowest BCUT2D eigenvalue weighted by atomic mass is 9.87. The van der Waals surface area contributed by atoms with Gasteiger partial charge in [-0.3, -0.25) is 0 Å². The molecule has 1 aromatic heterocycles. The Hall–Kier alpha value is -2.59. The van der Waals surface area contributed by atoms with Gasteiger partial charge in [-0.1, -0.05) is 30.3 Å². The maximum absolute atomic E-state index is 10.9. The molecule has 0 aliphatic carbocycles. The van der Waals surface area contributed by atoms with Crippen LogP contribution in [0.2, 0.25) is 0 Å². The van der Waals surface area contributed by atoms with Gasteiger partial charge in [0, 0.05) is 11.6 Å². The van der Waals surface area contributed by atoms with E-state index in [4.69, 9.17) is 10.5 Å². The zero-order chi connectivity index (χ0) is 22.3. The number of nitrogen functional groups attached to an aromatic ring is 1. The summed E-state index contributed by atoms with van der Waals surface area (Å²) in [5.41, 5.74) is 9.10. The molecule has 1 aliphatic rings. The second kappa shape index (κ2) is 8.51. The molecule has 3 aromatic rings. The van der Waals surface area contributed by atoms with Gasteiger partial charge in [0.2, 0.25) is 0 Å². The third-order valence-corrected chi connectivity index (χ3v) is 5.96. The van der Waals surface area contributed by atoms with Crippen LogP contribution in [0, 0.1) is 6.92 Å². The van der Waals surface area contributed by atoms with Gasteiger partial charge < -0.3 is 36.0 Å². The summed E-state index contributed by atoms with van der Waals surface area (Å²) in [5, 5.41) is 52.4. The van der Waals surface area contributed by atoms with Crippen molar-refractivity contribution in [3.8, 4) is 11.1 Å². The highest BCUT2D eigenvalue weighted by molar-refractivity contribution is 5.94. The number of aliphatic hydroxyl groups is 5. The van der Waals surface area contributed by atoms with Crippen molar-refractivity contribution in [2.75, 3.05) is 12.3 Å². The predicted molar refractivity (Wildman–Crippen MR) is 115 cm³/mol. The van der Waals surface area contributed by atoms with E-state index in [0.717, 1.165) is 27.5 Å². The minimum Gasteiger partial charge on any atom is -0.394 e. The second-order valence-electron chi connectivity index (χ2n) is 7.94. The lowest BCUT2D eigenvalue weighted by molar-refractivity contribution is -0.250. The molecule has 2 aromatic carbocycles. The summed E-state index contributed by atoms with van der Waals surface area (Å²) in [7, 11) is 0. The number of hydrogen-bond donors (Lipinski definition) is 6. The Kier molecular flexibility index (Phi) is 5.94. The Bertz CT molecular complexity index is 1090. The monoisotopic (exact) mass is 426 g/mol. The molecular formula is C23H26N2O6.